The zero-order chi connectivity index (χ0) is 11.1. The molecule has 4 nitrogen and oxygen atoms in total. The van der Waals surface area contributed by atoms with Gasteiger partial charge in [0.1, 0.15) is 0 Å². The minimum atomic E-state index is -3.03. The monoisotopic (exact) mass is 233 g/mol. The number of hydrogen-bond donors (Lipinski definition) is 1. The minimum Gasteiger partial charge on any atom is -0.393 e. The van der Waals surface area contributed by atoms with Crippen molar-refractivity contribution < 1.29 is 13.5 Å². The summed E-state index contributed by atoms with van der Waals surface area (Å²) in [4.78, 5) is 0. The highest BCUT2D eigenvalue weighted by molar-refractivity contribution is 7.90. The SMILES string of the molecule is CN(C1CCC(O)CC1)S(=O)(=O)C1CC1. The molecule has 0 saturated heterocycles. The first-order chi connectivity index (χ1) is 7.01. The first-order valence-corrected chi connectivity index (χ1v) is 7.17. The Bertz CT molecular complexity index is 316. The van der Waals surface area contributed by atoms with Gasteiger partial charge >= 0.3 is 0 Å². The van der Waals surface area contributed by atoms with Crippen LogP contribution >= 0.6 is 0 Å². The Morgan fingerprint density at radius 2 is 1.60 bits per heavy atom. The molecule has 0 radical (unpaired) electrons. The average Bonchev–Trinajstić information content (AvgIpc) is 3.01. The third-order valence-electron chi connectivity index (χ3n) is 3.53. The number of hydrogen-bond acceptors (Lipinski definition) is 3. The van der Waals surface area contributed by atoms with Gasteiger partial charge in [0.2, 0.25) is 10.0 Å². The second-order valence-corrected chi connectivity index (χ2v) is 7.00. The van der Waals surface area contributed by atoms with E-state index in [2.05, 4.69) is 0 Å². The summed E-state index contributed by atoms with van der Waals surface area (Å²) < 4.78 is 25.4. The molecule has 2 aliphatic carbocycles. The van der Waals surface area contributed by atoms with Crippen molar-refractivity contribution in [2.24, 2.45) is 0 Å². The van der Waals surface area contributed by atoms with Gasteiger partial charge in [-0.2, -0.15) is 0 Å². The van der Waals surface area contributed by atoms with Crippen LogP contribution in [0.2, 0.25) is 0 Å². The van der Waals surface area contributed by atoms with Crippen LogP contribution < -0.4 is 0 Å². The Balaban J connectivity index is 1.98. The number of aliphatic hydroxyl groups is 1. The fraction of sp³-hybridized carbons (Fsp3) is 1.00. The van der Waals surface area contributed by atoms with Crippen LogP contribution in [0.25, 0.3) is 0 Å². The van der Waals surface area contributed by atoms with Crippen LogP contribution in [-0.4, -0.2) is 42.3 Å². The average molecular weight is 233 g/mol. The summed E-state index contributed by atoms with van der Waals surface area (Å²) in [5.41, 5.74) is 0. The Morgan fingerprint density at radius 1 is 1.07 bits per heavy atom. The van der Waals surface area contributed by atoms with Crippen molar-refractivity contribution in [2.75, 3.05) is 7.05 Å². The van der Waals surface area contributed by atoms with Gasteiger partial charge in [-0.25, -0.2) is 12.7 Å². The molecule has 0 aliphatic heterocycles. The molecule has 0 unspecified atom stereocenters. The summed E-state index contributed by atoms with van der Waals surface area (Å²) in [6.07, 6.45) is 4.47. The highest BCUT2D eigenvalue weighted by atomic mass is 32.2. The Labute approximate surface area is 91.3 Å². The molecular formula is C10H19NO3S. The van der Waals surface area contributed by atoms with Gasteiger partial charge in [-0.3, -0.25) is 0 Å². The lowest BCUT2D eigenvalue weighted by Gasteiger charge is -2.32. The van der Waals surface area contributed by atoms with Gasteiger partial charge in [0.25, 0.3) is 0 Å². The molecule has 0 bridgehead atoms. The molecule has 88 valence electrons. The predicted molar refractivity (Wildman–Crippen MR) is 58.0 cm³/mol. The normalized spacial score (nSPS) is 33.3. The number of sulfonamides is 1. The standard InChI is InChI=1S/C10H19NO3S/c1-11(15(13,14)10-6-7-10)8-2-4-9(12)5-3-8/h8-10,12H,2-7H2,1H3. The van der Waals surface area contributed by atoms with E-state index in [-0.39, 0.29) is 17.4 Å². The van der Waals surface area contributed by atoms with Crippen LogP contribution in [0.5, 0.6) is 0 Å². The summed E-state index contributed by atoms with van der Waals surface area (Å²) in [6, 6.07) is 0.110. The van der Waals surface area contributed by atoms with E-state index in [0.717, 1.165) is 38.5 Å². The predicted octanol–water partition coefficient (Wildman–Crippen LogP) is 0.714. The van der Waals surface area contributed by atoms with Gasteiger partial charge in [-0.05, 0) is 38.5 Å². The van der Waals surface area contributed by atoms with E-state index in [4.69, 9.17) is 0 Å². The van der Waals surface area contributed by atoms with Crippen LogP contribution in [0.4, 0.5) is 0 Å². The number of nitrogens with zero attached hydrogens (tertiary/aromatic N) is 1. The summed E-state index contributed by atoms with van der Waals surface area (Å²) in [7, 11) is -1.34. The molecule has 15 heavy (non-hydrogen) atoms. The van der Waals surface area contributed by atoms with Gasteiger partial charge < -0.3 is 5.11 Å². The summed E-state index contributed by atoms with van der Waals surface area (Å²) >= 11 is 0. The summed E-state index contributed by atoms with van der Waals surface area (Å²) in [5, 5.41) is 9.25. The van der Waals surface area contributed by atoms with Crippen molar-refractivity contribution in [2.45, 2.75) is 55.9 Å². The molecule has 2 aliphatic rings. The highest BCUT2D eigenvalue weighted by Crippen LogP contribution is 2.33. The van der Waals surface area contributed by atoms with Crippen LogP contribution in [0.15, 0.2) is 0 Å². The minimum absolute atomic E-state index is 0.110. The van der Waals surface area contributed by atoms with Crippen LogP contribution in [0.3, 0.4) is 0 Å². The smallest absolute Gasteiger partial charge is 0.216 e. The van der Waals surface area contributed by atoms with Crippen molar-refractivity contribution in [1.82, 2.24) is 4.31 Å². The maximum absolute atomic E-state index is 11.9. The lowest BCUT2D eigenvalue weighted by atomic mass is 9.93. The van der Waals surface area contributed by atoms with Crippen molar-refractivity contribution in [1.29, 1.82) is 0 Å². The lowest BCUT2D eigenvalue weighted by molar-refractivity contribution is 0.104. The van der Waals surface area contributed by atoms with Gasteiger partial charge in [-0.15, -0.1) is 0 Å². The Morgan fingerprint density at radius 3 is 2.07 bits per heavy atom. The zero-order valence-corrected chi connectivity index (χ0v) is 9.91. The van der Waals surface area contributed by atoms with E-state index in [1.165, 1.54) is 0 Å². The topological polar surface area (TPSA) is 57.6 Å². The molecule has 0 aromatic heterocycles. The van der Waals surface area contributed by atoms with E-state index >= 15 is 0 Å². The molecule has 2 saturated carbocycles. The van der Waals surface area contributed by atoms with Crippen molar-refractivity contribution in [3.8, 4) is 0 Å². The number of rotatable bonds is 3. The van der Waals surface area contributed by atoms with E-state index in [9.17, 15) is 13.5 Å². The fourth-order valence-electron chi connectivity index (χ4n) is 2.23. The van der Waals surface area contributed by atoms with E-state index in [1.807, 2.05) is 0 Å². The second kappa shape index (κ2) is 4.03. The van der Waals surface area contributed by atoms with Gasteiger partial charge in [0, 0.05) is 13.1 Å². The molecular weight excluding hydrogens is 214 g/mol. The molecule has 0 aromatic carbocycles. The Hall–Kier alpha value is -0.130. The van der Waals surface area contributed by atoms with Crippen molar-refractivity contribution in [3.05, 3.63) is 0 Å². The lowest BCUT2D eigenvalue weighted by Crippen LogP contribution is -2.41. The summed E-state index contributed by atoms with van der Waals surface area (Å²) in [6.45, 7) is 0. The van der Waals surface area contributed by atoms with Crippen LogP contribution in [-0.2, 0) is 10.0 Å². The molecule has 0 aromatic rings. The largest absolute Gasteiger partial charge is 0.393 e. The molecule has 2 fully saturated rings. The van der Waals surface area contributed by atoms with Crippen LogP contribution in [0.1, 0.15) is 38.5 Å². The Kier molecular flexibility index (Phi) is 3.05. The molecule has 0 amide bonds. The highest BCUT2D eigenvalue weighted by Gasteiger charge is 2.41. The maximum Gasteiger partial charge on any atom is 0.216 e. The summed E-state index contributed by atoms with van der Waals surface area (Å²) in [5.74, 6) is 0. The van der Waals surface area contributed by atoms with Crippen molar-refractivity contribution >= 4 is 10.0 Å². The van der Waals surface area contributed by atoms with Crippen molar-refractivity contribution in [3.63, 3.8) is 0 Å². The third-order valence-corrected chi connectivity index (χ3v) is 5.94. The molecule has 5 heteroatoms. The molecule has 0 heterocycles. The first-order valence-electron chi connectivity index (χ1n) is 5.66. The van der Waals surface area contributed by atoms with E-state index < -0.39 is 10.0 Å². The van der Waals surface area contributed by atoms with E-state index in [0.29, 0.717) is 0 Å². The van der Waals surface area contributed by atoms with Crippen LogP contribution in [0, 0.1) is 0 Å². The van der Waals surface area contributed by atoms with Gasteiger partial charge in [-0.1, -0.05) is 0 Å². The maximum atomic E-state index is 11.9. The van der Waals surface area contributed by atoms with E-state index in [1.54, 1.807) is 11.4 Å². The zero-order valence-electron chi connectivity index (χ0n) is 9.09. The molecule has 0 spiro atoms. The molecule has 2 rings (SSSR count). The molecule has 1 N–H and O–H groups in total. The first kappa shape index (κ1) is 11.4. The number of aliphatic hydroxyl groups excluding tert-OH is 1. The van der Waals surface area contributed by atoms with Gasteiger partial charge in [0.05, 0.1) is 11.4 Å². The molecule has 0 atom stereocenters. The third kappa shape index (κ3) is 2.34. The van der Waals surface area contributed by atoms with Gasteiger partial charge in [0.15, 0.2) is 0 Å². The quantitative estimate of drug-likeness (QED) is 0.781. The fourth-order valence-corrected chi connectivity index (χ4v) is 4.06. The second-order valence-electron chi connectivity index (χ2n) is 4.72.